The fraction of sp³-hybridized carbons (Fsp3) is 0.333. The van der Waals surface area contributed by atoms with Crippen LogP contribution in [0.1, 0.15) is 21.1 Å². The van der Waals surface area contributed by atoms with Crippen molar-refractivity contribution in [1.29, 1.82) is 0 Å². The third-order valence-corrected chi connectivity index (χ3v) is 4.68. The summed E-state index contributed by atoms with van der Waals surface area (Å²) >= 11 is 1.13. The van der Waals surface area contributed by atoms with Gasteiger partial charge in [0.2, 0.25) is 0 Å². The maximum absolute atomic E-state index is 12.8. The van der Waals surface area contributed by atoms with E-state index in [-0.39, 0.29) is 11.4 Å². The monoisotopic (exact) mass is 357 g/mol. The molecule has 3 aromatic rings. The standard InChI is InChI=1S/C15H14F3N3O2S/c1-9-11-6-12(24-14(11)20(2)19-9)13(22)21(8-15(16,17)18)7-10-4-3-5-23-10/h3-6H,7-8H2,1-2H3. The van der Waals surface area contributed by atoms with Crippen molar-refractivity contribution >= 4 is 27.5 Å². The van der Waals surface area contributed by atoms with Gasteiger partial charge < -0.3 is 9.32 Å². The Hall–Kier alpha value is -2.29. The molecule has 0 aromatic carbocycles. The topological polar surface area (TPSA) is 51.3 Å². The summed E-state index contributed by atoms with van der Waals surface area (Å²) in [5.41, 5.74) is 0.733. The molecule has 9 heteroatoms. The van der Waals surface area contributed by atoms with E-state index >= 15 is 0 Å². The summed E-state index contributed by atoms with van der Waals surface area (Å²) in [5.74, 6) is -0.379. The minimum atomic E-state index is -4.49. The second-order valence-electron chi connectivity index (χ2n) is 5.39. The highest BCUT2D eigenvalue weighted by atomic mass is 32.1. The minimum absolute atomic E-state index is 0.239. The number of fused-ring (bicyclic) bond motifs is 1. The summed E-state index contributed by atoms with van der Waals surface area (Å²) in [4.78, 5) is 14.3. The first-order chi connectivity index (χ1) is 11.2. The number of amides is 1. The number of aryl methyl sites for hydroxylation is 2. The van der Waals surface area contributed by atoms with E-state index in [1.807, 2.05) is 0 Å². The number of halogens is 3. The molecule has 0 saturated carbocycles. The van der Waals surface area contributed by atoms with Crippen LogP contribution < -0.4 is 0 Å². The Labute approximate surface area is 139 Å². The number of aromatic nitrogens is 2. The van der Waals surface area contributed by atoms with Crippen molar-refractivity contribution in [1.82, 2.24) is 14.7 Å². The Kier molecular flexibility index (Phi) is 4.12. The number of furan rings is 1. The lowest BCUT2D eigenvalue weighted by molar-refractivity contribution is -0.142. The van der Waals surface area contributed by atoms with E-state index in [4.69, 9.17) is 4.42 Å². The highest BCUT2D eigenvalue weighted by Gasteiger charge is 2.34. The highest BCUT2D eigenvalue weighted by Crippen LogP contribution is 2.29. The summed E-state index contributed by atoms with van der Waals surface area (Å²) in [6.07, 6.45) is -3.13. The number of carbonyl (C=O) groups is 1. The normalized spacial score (nSPS) is 12.0. The molecular weight excluding hydrogens is 343 g/mol. The maximum Gasteiger partial charge on any atom is 0.406 e. The van der Waals surface area contributed by atoms with Crippen LogP contribution in [0.2, 0.25) is 0 Å². The van der Waals surface area contributed by atoms with Crippen molar-refractivity contribution in [2.45, 2.75) is 19.6 Å². The van der Waals surface area contributed by atoms with Crippen molar-refractivity contribution in [2.75, 3.05) is 6.54 Å². The zero-order chi connectivity index (χ0) is 17.5. The number of carbonyl (C=O) groups excluding carboxylic acids is 1. The number of hydrogen-bond acceptors (Lipinski definition) is 4. The minimum Gasteiger partial charge on any atom is -0.467 e. The number of nitrogens with zero attached hydrogens (tertiary/aromatic N) is 3. The van der Waals surface area contributed by atoms with Crippen LogP contribution in [0.4, 0.5) is 13.2 Å². The van der Waals surface area contributed by atoms with Gasteiger partial charge in [-0.1, -0.05) is 0 Å². The number of alkyl halides is 3. The summed E-state index contributed by atoms with van der Waals surface area (Å²) < 4.78 is 45.2. The number of rotatable bonds is 4. The van der Waals surface area contributed by atoms with Crippen LogP contribution in [0.25, 0.3) is 10.2 Å². The molecule has 0 aliphatic heterocycles. The molecule has 0 radical (unpaired) electrons. The zero-order valence-corrected chi connectivity index (χ0v) is 13.7. The van der Waals surface area contributed by atoms with Crippen LogP contribution in [-0.2, 0) is 13.6 Å². The van der Waals surface area contributed by atoms with Crippen LogP contribution in [0.5, 0.6) is 0 Å². The first kappa shape index (κ1) is 16.6. The van der Waals surface area contributed by atoms with Gasteiger partial charge in [-0.05, 0) is 25.1 Å². The highest BCUT2D eigenvalue weighted by molar-refractivity contribution is 7.20. The van der Waals surface area contributed by atoms with Gasteiger partial charge in [0.05, 0.1) is 23.4 Å². The first-order valence-corrected chi connectivity index (χ1v) is 7.88. The van der Waals surface area contributed by atoms with Crippen LogP contribution in [-0.4, -0.2) is 33.3 Å². The predicted octanol–water partition coefficient (Wildman–Crippen LogP) is 3.74. The van der Waals surface area contributed by atoms with Crippen molar-refractivity contribution in [3.63, 3.8) is 0 Å². The van der Waals surface area contributed by atoms with Crippen molar-refractivity contribution in [3.05, 3.63) is 40.8 Å². The first-order valence-electron chi connectivity index (χ1n) is 7.06. The van der Waals surface area contributed by atoms with Gasteiger partial charge in [-0.15, -0.1) is 11.3 Å². The van der Waals surface area contributed by atoms with E-state index in [2.05, 4.69) is 5.10 Å². The van der Waals surface area contributed by atoms with Crippen molar-refractivity contribution < 1.29 is 22.4 Å². The molecule has 0 atom stereocenters. The van der Waals surface area contributed by atoms with Gasteiger partial charge in [0.15, 0.2) is 0 Å². The lowest BCUT2D eigenvalue weighted by atomic mass is 10.3. The molecule has 0 fully saturated rings. The molecule has 3 aromatic heterocycles. The molecule has 0 bridgehead atoms. The summed E-state index contributed by atoms with van der Waals surface area (Å²) in [7, 11) is 1.73. The van der Waals surface area contributed by atoms with Crippen molar-refractivity contribution in [3.8, 4) is 0 Å². The summed E-state index contributed by atoms with van der Waals surface area (Å²) in [6, 6.07) is 4.70. The molecule has 0 aliphatic rings. The molecule has 0 aliphatic carbocycles. The fourth-order valence-corrected chi connectivity index (χ4v) is 3.56. The Balaban J connectivity index is 1.92. The molecule has 1 amide bonds. The van der Waals surface area contributed by atoms with Gasteiger partial charge in [0.1, 0.15) is 17.1 Å². The smallest absolute Gasteiger partial charge is 0.406 e. The SMILES string of the molecule is Cc1nn(C)c2sc(C(=O)N(Cc3ccco3)CC(F)(F)F)cc12. The van der Waals surface area contributed by atoms with E-state index in [9.17, 15) is 18.0 Å². The van der Waals surface area contributed by atoms with Gasteiger partial charge >= 0.3 is 6.18 Å². The average molecular weight is 357 g/mol. The van der Waals surface area contributed by atoms with Gasteiger partial charge in [-0.25, -0.2) is 0 Å². The Morgan fingerprint density at radius 3 is 2.79 bits per heavy atom. The van der Waals surface area contributed by atoms with Gasteiger partial charge in [0, 0.05) is 12.4 Å². The van der Waals surface area contributed by atoms with E-state index in [1.165, 1.54) is 12.3 Å². The number of thiophene rings is 1. The van der Waals surface area contributed by atoms with Crippen LogP contribution in [0.15, 0.2) is 28.9 Å². The second-order valence-corrected chi connectivity index (χ2v) is 6.42. The molecule has 3 heterocycles. The lowest BCUT2D eigenvalue weighted by Crippen LogP contribution is -2.38. The third kappa shape index (κ3) is 3.30. The molecule has 5 nitrogen and oxygen atoms in total. The molecule has 24 heavy (non-hydrogen) atoms. The molecule has 0 saturated heterocycles. The number of hydrogen-bond donors (Lipinski definition) is 0. The molecule has 3 rings (SSSR count). The Bertz CT molecular complexity index is 830. The zero-order valence-electron chi connectivity index (χ0n) is 12.9. The van der Waals surface area contributed by atoms with E-state index in [0.717, 1.165) is 32.1 Å². The van der Waals surface area contributed by atoms with Gasteiger partial charge in [-0.3, -0.25) is 9.48 Å². The lowest BCUT2D eigenvalue weighted by Gasteiger charge is -2.22. The molecule has 128 valence electrons. The van der Waals surface area contributed by atoms with Crippen LogP contribution in [0, 0.1) is 6.92 Å². The van der Waals surface area contributed by atoms with Crippen LogP contribution in [0.3, 0.4) is 0 Å². The molecule has 0 spiro atoms. The largest absolute Gasteiger partial charge is 0.467 e. The van der Waals surface area contributed by atoms with E-state index < -0.39 is 18.6 Å². The third-order valence-electron chi connectivity index (χ3n) is 3.49. The second kappa shape index (κ2) is 5.97. The Morgan fingerprint density at radius 2 is 2.21 bits per heavy atom. The molecule has 0 unspecified atom stereocenters. The van der Waals surface area contributed by atoms with E-state index in [1.54, 1.807) is 30.8 Å². The van der Waals surface area contributed by atoms with Gasteiger partial charge in [-0.2, -0.15) is 18.3 Å². The molecule has 0 N–H and O–H groups in total. The van der Waals surface area contributed by atoms with Crippen molar-refractivity contribution in [2.24, 2.45) is 7.05 Å². The molecular formula is C15H14F3N3O2S. The quantitative estimate of drug-likeness (QED) is 0.715. The van der Waals surface area contributed by atoms with E-state index in [0.29, 0.717) is 5.76 Å². The average Bonchev–Trinajstić information content (AvgIpc) is 3.17. The van der Waals surface area contributed by atoms with Crippen LogP contribution >= 0.6 is 11.3 Å². The summed E-state index contributed by atoms with van der Waals surface area (Å²) in [6.45, 7) is 0.217. The summed E-state index contributed by atoms with van der Waals surface area (Å²) in [5, 5.41) is 5.00. The van der Waals surface area contributed by atoms with Gasteiger partial charge in [0.25, 0.3) is 5.91 Å². The Morgan fingerprint density at radius 1 is 1.46 bits per heavy atom. The predicted molar refractivity (Wildman–Crippen MR) is 82.8 cm³/mol. The fourth-order valence-electron chi connectivity index (χ4n) is 2.47. The maximum atomic E-state index is 12.8.